The number of aryl methyl sites for hydroxylation is 1. The van der Waals surface area contributed by atoms with Gasteiger partial charge >= 0.3 is 5.97 Å². The first-order valence-electron chi connectivity index (χ1n) is 13.6. The number of esters is 1. The number of aromatic nitrogens is 1. The highest BCUT2D eigenvalue weighted by Crippen LogP contribution is 2.47. The number of carbonyl (C=O) groups is 3. The number of allylic oxidation sites excluding steroid dienone is 2. The molecule has 0 spiro atoms. The smallest absolute Gasteiger partial charge is 0.302 e. The number of Topliss-reactive ketones (excluding diaryl/α,β-unsaturated/α-hetero) is 1. The van der Waals surface area contributed by atoms with E-state index in [0.29, 0.717) is 41.2 Å². The second-order valence-corrected chi connectivity index (χ2v) is 10.4. The van der Waals surface area contributed by atoms with Gasteiger partial charge in [-0.3, -0.25) is 14.4 Å². The van der Waals surface area contributed by atoms with Gasteiger partial charge in [0.25, 0.3) is 0 Å². The Morgan fingerprint density at radius 1 is 1.07 bits per heavy atom. The summed E-state index contributed by atoms with van der Waals surface area (Å²) in [6, 6.07) is 19.1. The van der Waals surface area contributed by atoms with Crippen molar-refractivity contribution in [2.24, 2.45) is 5.92 Å². The largest absolute Gasteiger partial charge is 0.496 e. The van der Waals surface area contributed by atoms with Gasteiger partial charge in [0, 0.05) is 48.0 Å². The normalized spacial score (nSPS) is 20.1. The Balaban J connectivity index is 1.60. The molecule has 5 rings (SSSR count). The molecule has 210 valence electrons. The predicted molar refractivity (Wildman–Crippen MR) is 155 cm³/mol. The van der Waals surface area contributed by atoms with Crippen molar-refractivity contribution in [2.45, 2.75) is 45.1 Å². The molecule has 8 heteroatoms. The lowest BCUT2D eigenvalue weighted by atomic mass is 9.68. The lowest BCUT2D eigenvalue weighted by Gasteiger charge is -2.40. The summed E-state index contributed by atoms with van der Waals surface area (Å²) in [5, 5.41) is 6.30. The van der Waals surface area contributed by atoms with Gasteiger partial charge in [-0.15, -0.1) is 0 Å². The molecule has 0 fully saturated rings. The number of methoxy groups -OCH3 is 1. The number of pyridine rings is 1. The summed E-state index contributed by atoms with van der Waals surface area (Å²) in [6.45, 7) is 7.46. The zero-order valence-corrected chi connectivity index (χ0v) is 23.4. The van der Waals surface area contributed by atoms with Gasteiger partial charge in [0.1, 0.15) is 18.2 Å². The minimum atomic E-state index is -0.803. The summed E-state index contributed by atoms with van der Waals surface area (Å²) in [4.78, 5) is 43.8. The fourth-order valence-corrected chi connectivity index (χ4v) is 5.77. The van der Waals surface area contributed by atoms with Crippen molar-refractivity contribution < 1.29 is 23.9 Å². The zero-order chi connectivity index (χ0) is 29.1. The summed E-state index contributed by atoms with van der Waals surface area (Å²) in [6.07, 6.45) is 2.57. The number of amides is 1. The molecule has 0 bridgehead atoms. The van der Waals surface area contributed by atoms with Crippen molar-refractivity contribution in [3.05, 3.63) is 113 Å². The third-order valence-corrected chi connectivity index (χ3v) is 7.74. The lowest BCUT2D eigenvalue weighted by molar-refractivity contribution is -0.142. The minimum Gasteiger partial charge on any atom is -0.496 e. The maximum atomic E-state index is 13.9. The fourth-order valence-electron chi connectivity index (χ4n) is 5.77. The number of ether oxygens (including phenoxy) is 2. The highest BCUT2D eigenvalue weighted by Gasteiger charge is 2.45. The molecule has 1 aromatic heterocycles. The van der Waals surface area contributed by atoms with Crippen LogP contribution in [-0.2, 0) is 25.7 Å². The van der Waals surface area contributed by atoms with E-state index in [1.165, 1.54) is 6.92 Å². The van der Waals surface area contributed by atoms with Crippen LogP contribution in [0, 0.1) is 12.8 Å². The molecule has 3 atom stereocenters. The summed E-state index contributed by atoms with van der Waals surface area (Å²) in [5.74, 6) is -1.17. The molecule has 0 saturated carbocycles. The van der Waals surface area contributed by atoms with E-state index < -0.39 is 17.8 Å². The van der Waals surface area contributed by atoms with Gasteiger partial charge in [0.05, 0.1) is 13.0 Å². The molecule has 1 amide bonds. The van der Waals surface area contributed by atoms with Crippen molar-refractivity contribution in [2.75, 3.05) is 12.4 Å². The molecule has 0 radical (unpaired) electrons. The van der Waals surface area contributed by atoms with Gasteiger partial charge in [-0.2, -0.15) is 0 Å². The Bertz CT molecular complexity index is 1550. The zero-order valence-electron chi connectivity index (χ0n) is 23.4. The Morgan fingerprint density at radius 2 is 1.85 bits per heavy atom. The van der Waals surface area contributed by atoms with E-state index in [1.54, 1.807) is 25.4 Å². The Kier molecular flexibility index (Phi) is 8.01. The summed E-state index contributed by atoms with van der Waals surface area (Å²) >= 11 is 0. The second kappa shape index (κ2) is 11.8. The molecular weight excluding hydrogens is 518 g/mol. The average molecular weight is 552 g/mol. The lowest BCUT2D eigenvalue weighted by Crippen LogP contribution is -2.43. The first-order chi connectivity index (χ1) is 19.8. The van der Waals surface area contributed by atoms with Crippen LogP contribution in [0.2, 0.25) is 0 Å². The number of hydrogen-bond acceptors (Lipinski definition) is 7. The Labute approximate surface area is 239 Å². The van der Waals surface area contributed by atoms with Gasteiger partial charge in [-0.1, -0.05) is 49.0 Å². The average Bonchev–Trinajstić information content (AvgIpc) is 2.96. The van der Waals surface area contributed by atoms with Gasteiger partial charge < -0.3 is 20.1 Å². The van der Waals surface area contributed by atoms with Crippen molar-refractivity contribution in [3.8, 4) is 5.75 Å². The standard InChI is InChI=1S/C33H33N3O5/c1-19-9-8-14-34-32(19)36-33(39)29-20(2)35-26-16-24(22-10-6-5-7-11-22)17-27(38)31(26)30(29)23-12-13-28(40-4)25(15-23)18-41-21(3)37/h5-15,24,29-30,35H,2,16-18H2,1,3-4H3,(H,34,36,39). The Hall–Kier alpha value is -4.72. The molecule has 2 aromatic carbocycles. The third-order valence-electron chi connectivity index (χ3n) is 7.74. The van der Waals surface area contributed by atoms with Crippen molar-refractivity contribution in [3.63, 3.8) is 0 Å². The third kappa shape index (κ3) is 5.77. The number of nitrogens with one attached hydrogen (secondary N) is 2. The van der Waals surface area contributed by atoms with E-state index in [2.05, 4.69) is 22.2 Å². The second-order valence-electron chi connectivity index (χ2n) is 10.4. The summed E-state index contributed by atoms with van der Waals surface area (Å²) < 4.78 is 10.8. The van der Waals surface area contributed by atoms with Crippen LogP contribution >= 0.6 is 0 Å². The molecule has 3 unspecified atom stereocenters. The maximum absolute atomic E-state index is 13.9. The molecule has 1 aliphatic heterocycles. The van der Waals surface area contributed by atoms with Gasteiger partial charge in [0.2, 0.25) is 5.91 Å². The highest BCUT2D eigenvalue weighted by atomic mass is 16.5. The number of hydrogen-bond donors (Lipinski definition) is 2. The first-order valence-corrected chi connectivity index (χ1v) is 13.6. The van der Waals surface area contributed by atoms with Crippen LogP contribution in [0.5, 0.6) is 5.75 Å². The number of benzene rings is 2. The first kappa shape index (κ1) is 27.8. The fraction of sp³-hybridized carbons (Fsp3) is 0.273. The van der Waals surface area contributed by atoms with Crippen LogP contribution in [0.3, 0.4) is 0 Å². The predicted octanol–water partition coefficient (Wildman–Crippen LogP) is 5.32. The van der Waals surface area contributed by atoms with Crippen molar-refractivity contribution in [1.82, 2.24) is 10.3 Å². The number of rotatable bonds is 7. The van der Waals surface area contributed by atoms with E-state index >= 15 is 0 Å². The number of ketones is 1. The SMILES string of the molecule is C=C1NC2=C(C(=O)CC(c3ccccc3)C2)C(c2ccc(OC)c(COC(C)=O)c2)C1C(=O)Nc1ncccc1C. The number of nitrogens with zero attached hydrogens (tertiary/aromatic N) is 1. The van der Waals surface area contributed by atoms with Crippen LogP contribution < -0.4 is 15.4 Å². The van der Waals surface area contributed by atoms with Crippen LogP contribution in [0.4, 0.5) is 5.82 Å². The summed E-state index contributed by atoms with van der Waals surface area (Å²) in [5.41, 5.74) is 5.13. The van der Waals surface area contributed by atoms with Crippen molar-refractivity contribution >= 4 is 23.5 Å². The van der Waals surface area contributed by atoms with E-state index in [-0.39, 0.29) is 24.2 Å². The monoisotopic (exact) mass is 551 g/mol. The molecule has 2 aliphatic rings. The molecule has 3 aromatic rings. The molecule has 41 heavy (non-hydrogen) atoms. The highest BCUT2D eigenvalue weighted by molar-refractivity contribution is 6.03. The number of anilines is 1. The molecule has 2 N–H and O–H groups in total. The van der Waals surface area contributed by atoms with Crippen LogP contribution in [0.1, 0.15) is 53.9 Å². The molecule has 8 nitrogen and oxygen atoms in total. The quantitative estimate of drug-likeness (QED) is 0.383. The van der Waals surface area contributed by atoms with Crippen LogP contribution in [0.25, 0.3) is 0 Å². The molecule has 1 aliphatic carbocycles. The molecule has 0 saturated heterocycles. The van der Waals surface area contributed by atoms with E-state index in [0.717, 1.165) is 22.4 Å². The topological polar surface area (TPSA) is 107 Å². The van der Waals surface area contributed by atoms with E-state index in [4.69, 9.17) is 9.47 Å². The van der Waals surface area contributed by atoms with Crippen LogP contribution in [-0.4, -0.2) is 29.8 Å². The molecular formula is C33H33N3O5. The number of carbonyl (C=O) groups excluding carboxylic acids is 3. The Morgan fingerprint density at radius 3 is 2.56 bits per heavy atom. The van der Waals surface area contributed by atoms with Crippen LogP contribution in [0.15, 0.2) is 90.4 Å². The van der Waals surface area contributed by atoms with Gasteiger partial charge in [-0.05, 0) is 54.2 Å². The minimum absolute atomic E-state index is 0.00180. The molecule has 2 heterocycles. The van der Waals surface area contributed by atoms with E-state index in [1.807, 2.05) is 55.5 Å². The maximum Gasteiger partial charge on any atom is 0.302 e. The van der Waals surface area contributed by atoms with Gasteiger partial charge in [-0.25, -0.2) is 4.98 Å². The van der Waals surface area contributed by atoms with Crippen molar-refractivity contribution in [1.29, 1.82) is 0 Å². The van der Waals surface area contributed by atoms with Gasteiger partial charge in [0.15, 0.2) is 5.78 Å². The summed E-state index contributed by atoms with van der Waals surface area (Å²) in [7, 11) is 1.54. The van der Waals surface area contributed by atoms with E-state index in [9.17, 15) is 14.4 Å².